The summed E-state index contributed by atoms with van der Waals surface area (Å²) in [5, 5.41) is 19.9. The molecule has 0 aliphatic carbocycles. The van der Waals surface area contributed by atoms with E-state index < -0.39 is 12.0 Å². The number of aromatic hydroxyl groups is 1. The highest BCUT2D eigenvalue weighted by atomic mass is 35.5. The van der Waals surface area contributed by atoms with E-state index in [0.29, 0.717) is 10.6 Å². The molecular formula is C14H18ClNO3. The van der Waals surface area contributed by atoms with Crippen LogP contribution in [0.25, 0.3) is 0 Å². The summed E-state index contributed by atoms with van der Waals surface area (Å²) in [6.07, 6.45) is 3.08. The molecule has 0 radical (unpaired) electrons. The maximum Gasteiger partial charge on any atom is 0.325 e. The first kappa shape index (κ1) is 14.2. The smallest absolute Gasteiger partial charge is 0.325 e. The number of carboxylic acids is 1. The minimum atomic E-state index is -0.952. The van der Waals surface area contributed by atoms with Crippen LogP contribution in [0.15, 0.2) is 18.2 Å². The van der Waals surface area contributed by atoms with E-state index in [0.717, 1.165) is 25.8 Å². The Labute approximate surface area is 117 Å². The SMILES string of the molecule is CC1CCCCN1C(C(=O)O)c1cc(Cl)ccc1O. The predicted octanol–water partition coefficient (Wildman–Crippen LogP) is 3.05. The monoisotopic (exact) mass is 283 g/mol. The van der Waals surface area contributed by atoms with E-state index in [1.807, 2.05) is 11.8 Å². The number of carbonyl (C=O) groups is 1. The first-order chi connectivity index (χ1) is 9.00. The second kappa shape index (κ2) is 5.80. The molecule has 1 aliphatic rings. The lowest BCUT2D eigenvalue weighted by molar-refractivity contribution is -0.145. The number of hydrogen-bond donors (Lipinski definition) is 2. The molecule has 1 saturated heterocycles. The van der Waals surface area contributed by atoms with Gasteiger partial charge in [0.1, 0.15) is 11.8 Å². The molecule has 0 spiro atoms. The molecule has 2 rings (SSSR count). The van der Waals surface area contributed by atoms with Crippen LogP contribution in [0.4, 0.5) is 0 Å². The Balaban J connectivity index is 2.39. The first-order valence-corrected chi connectivity index (χ1v) is 6.85. The van der Waals surface area contributed by atoms with Crippen molar-refractivity contribution < 1.29 is 15.0 Å². The lowest BCUT2D eigenvalue weighted by Crippen LogP contribution is -2.43. The van der Waals surface area contributed by atoms with Crippen LogP contribution in [0.1, 0.15) is 37.8 Å². The molecule has 1 heterocycles. The number of rotatable bonds is 3. The highest BCUT2D eigenvalue weighted by Gasteiger charge is 2.34. The van der Waals surface area contributed by atoms with Gasteiger partial charge in [0.25, 0.3) is 0 Å². The van der Waals surface area contributed by atoms with Crippen molar-refractivity contribution in [3.63, 3.8) is 0 Å². The van der Waals surface area contributed by atoms with E-state index in [1.54, 1.807) is 6.07 Å². The molecule has 1 fully saturated rings. The zero-order chi connectivity index (χ0) is 14.0. The van der Waals surface area contributed by atoms with E-state index in [9.17, 15) is 15.0 Å². The van der Waals surface area contributed by atoms with Gasteiger partial charge in [-0.25, -0.2) is 0 Å². The number of benzene rings is 1. The van der Waals surface area contributed by atoms with E-state index in [1.165, 1.54) is 12.1 Å². The summed E-state index contributed by atoms with van der Waals surface area (Å²) in [6.45, 7) is 2.75. The van der Waals surface area contributed by atoms with Crippen molar-refractivity contribution in [1.29, 1.82) is 0 Å². The molecular weight excluding hydrogens is 266 g/mol. The topological polar surface area (TPSA) is 60.8 Å². The molecule has 0 aromatic heterocycles. The molecule has 0 amide bonds. The number of carboxylic acid groups (broad SMARTS) is 1. The van der Waals surface area contributed by atoms with E-state index >= 15 is 0 Å². The summed E-state index contributed by atoms with van der Waals surface area (Å²) >= 11 is 5.92. The molecule has 1 aromatic carbocycles. The van der Waals surface area contributed by atoms with Crippen LogP contribution in [0.2, 0.25) is 5.02 Å². The Kier molecular flexibility index (Phi) is 4.32. The highest BCUT2D eigenvalue weighted by Crippen LogP contribution is 2.34. The Morgan fingerprint density at radius 1 is 1.47 bits per heavy atom. The van der Waals surface area contributed by atoms with Gasteiger partial charge in [-0.15, -0.1) is 0 Å². The summed E-state index contributed by atoms with van der Waals surface area (Å²) in [4.78, 5) is 13.5. The Morgan fingerprint density at radius 2 is 2.21 bits per heavy atom. The summed E-state index contributed by atoms with van der Waals surface area (Å²) < 4.78 is 0. The van der Waals surface area contributed by atoms with Gasteiger partial charge in [-0.3, -0.25) is 9.69 Å². The van der Waals surface area contributed by atoms with Crippen molar-refractivity contribution in [3.05, 3.63) is 28.8 Å². The number of halogens is 1. The molecule has 104 valence electrons. The fourth-order valence-corrected chi connectivity index (χ4v) is 2.88. The molecule has 2 atom stereocenters. The quantitative estimate of drug-likeness (QED) is 0.895. The molecule has 2 unspecified atom stereocenters. The van der Waals surface area contributed by atoms with Gasteiger partial charge in [-0.05, 0) is 44.5 Å². The predicted molar refractivity (Wildman–Crippen MR) is 73.5 cm³/mol. The normalized spacial score (nSPS) is 22.1. The van der Waals surface area contributed by atoms with Gasteiger partial charge in [0.15, 0.2) is 0 Å². The maximum atomic E-state index is 11.6. The average molecular weight is 284 g/mol. The van der Waals surface area contributed by atoms with Crippen LogP contribution < -0.4 is 0 Å². The first-order valence-electron chi connectivity index (χ1n) is 6.47. The zero-order valence-corrected chi connectivity index (χ0v) is 11.6. The average Bonchev–Trinajstić information content (AvgIpc) is 2.36. The van der Waals surface area contributed by atoms with Crippen LogP contribution in [-0.4, -0.2) is 33.7 Å². The van der Waals surface area contributed by atoms with Gasteiger partial charge in [-0.2, -0.15) is 0 Å². The van der Waals surface area contributed by atoms with Gasteiger partial charge in [0.05, 0.1) is 0 Å². The minimum absolute atomic E-state index is 0.0189. The van der Waals surface area contributed by atoms with Crippen LogP contribution in [-0.2, 0) is 4.79 Å². The fraction of sp³-hybridized carbons (Fsp3) is 0.500. The van der Waals surface area contributed by atoms with Crippen LogP contribution in [0, 0.1) is 0 Å². The molecule has 1 aliphatic heterocycles. The van der Waals surface area contributed by atoms with Gasteiger partial charge in [-0.1, -0.05) is 18.0 Å². The summed E-state index contributed by atoms with van der Waals surface area (Å²) in [7, 11) is 0. The minimum Gasteiger partial charge on any atom is -0.508 e. The van der Waals surface area contributed by atoms with Gasteiger partial charge < -0.3 is 10.2 Å². The van der Waals surface area contributed by atoms with Crippen molar-refractivity contribution in [2.75, 3.05) is 6.54 Å². The van der Waals surface area contributed by atoms with Crippen LogP contribution in [0.3, 0.4) is 0 Å². The van der Waals surface area contributed by atoms with Crippen LogP contribution in [0.5, 0.6) is 5.75 Å². The number of likely N-dealkylation sites (tertiary alicyclic amines) is 1. The second-order valence-electron chi connectivity index (χ2n) is 5.03. The Morgan fingerprint density at radius 3 is 2.84 bits per heavy atom. The van der Waals surface area contributed by atoms with Gasteiger partial charge >= 0.3 is 5.97 Å². The van der Waals surface area contributed by atoms with Crippen molar-refractivity contribution in [2.24, 2.45) is 0 Å². The summed E-state index contributed by atoms with van der Waals surface area (Å²) in [6, 6.07) is 3.89. The second-order valence-corrected chi connectivity index (χ2v) is 5.46. The summed E-state index contributed by atoms with van der Waals surface area (Å²) in [5.74, 6) is -0.971. The van der Waals surface area contributed by atoms with E-state index in [-0.39, 0.29) is 11.8 Å². The zero-order valence-electron chi connectivity index (χ0n) is 10.8. The Hall–Kier alpha value is -1.26. The number of piperidine rings is 1. The maximum absolute atomic E-state index is 11.6. The molecule has 19 heavy (non-hydrogen) atoms. The largest absolute Gasteiger partial charge is 0.508 e. The number of aliphatic carboxylic acids is 1. The van der Waals surface area contributed by atoms with Gasteiger partial charge in [0, 0.05) is 16.6 Å². The van der Waals surface area contributed by atoms with Gasteiger partial charge in [0.2, 0.25) is 0 Å². The number of nitrogens with zero attached hydrogens (tertiary/aromatic N) is 1. The van der Waals surface area contributed by atoms with Crippen molar-refractivity contribution in [3.8, 4) is 5.75 Å². The van der Waals surface area contributed by atoms with E-state index in [4.69, 9.17) is 11.6 Å². The molecule has 5 heteroatoms. The van der Waals surface area contributed by atoms with Crippen molar-refractivity contribution in [1.82, 2.24) is 4.90 Å². The summed E-state index contributed by atoms with van der Waals surface area (Å²) in [5.41, 5.74) is 0.369. The molecule has 0 bridgehead atoms. The fourth-order valence-electron chi connectivity index (χ4n) is 2.70. The Bertz CT molecular complexity index is 478. The molecule has 4 nitrogen and oxygen atoms in total. The van der Waals surface area contributed by atoms with E-state index in [2.05, 4.69) is 0 Å². The number of phenols is 1. The number of hydrogen-bond acceptors (Lipinski definition) is 3. The molecule has 0 saturated carbocycles. The number of phenolic OH excluding ortho intramolecular Hbond substituents is 1. The molecule has 1 aromatic rings. The third-order valence-corrected chi connectivity index (χ3v) is 3.94. The molecule has 2 N–H and O–H groups in total. The lowest BCUT2D eigenvalue weighted by Gasteiger charge is -2.37. The van der Waals surface area contributed by atoms with Crippen molar-refractivity contribution >= 4 is 17.6 Å². The van der Waals surface area contributed by atoms with Crippen molar-refractivity contribution in [2.45, 2.75) is 38.3 Å². The highest BCUT2D eigenvalue weighted by molar-refractivity contribution is 6.30. The third kappa shape index (κ3) is 3.01. The standard InChI is InChI=1S/C14H18ClNO3/c1-9-4-2-3-7-16(9)13(14(18)19)11-8-10(15)5-6-12(11)17/h5-6,8-9,13,17H,2-4,7H2,1H3,(H,18,19). The third-order valence-electron chi connectivity index (χ3n) is 3.70. The lowest BCUT2D eigenvalue weighted by atomic mass is 9.96. The van der Waals surface area contributed by atoms with Crippen LogP contribution >= 0.6 is 11.6 Å².